The molecule has 0 unspecified atom stereocenters. The van der Waals surface area contributed by atoms with Crippen LogP contribution in [0.4, 0.5) is 57.1 Å². The smallest absolute Gasteiger partial charge is 0.460 e. The van der Waals surface area contributed by atoms with Gasteiger partial charge in [-0.15, -0.1) is 0 Å². The number of hydrogen-bond acceptors (Lipinski definition) is 2. The largest absolute Gasteiger partial charge is 0.462 e. The number of esters is 1. The average Bonchev–Trinajstić information content (AvgIpc) is 2.44. The monoisotopic (exact) mass is 552 g/mol. The Morgan fingerprint density at radius 1 is 0.750 bits per heavy atom. The van der Waals surface area contributed by atoms with Crippen LogP contribution in [0.25, 0.3) is 0 Å². The molecule has 0 aromatic heterocycles. The average molecular weight is 551 g/mol. The van der Waals surface area contributed by atoms with Crippen LogP contribution in [0.5, 0.6) is 0 Å². The molecule has 2 nitrogen and oxygen atoms in total. The molecule has 0 aliphatic rings. The predicted molar refractivity (Wildman–Crippen MR) is 66.9 cm³/mol. The molecule has 0 saturated carbocycles. The molecule has 0 atom stereocenters. The third-order valence-corrected chi connectivity index (χ3v) is 3.00. The van der Waals surface area contributed by atoms with E-state index in [0.29, 0.717) is 0 Å². The zero-order chi connectivity index (χ0) is 22.3. The van der Waals surface area contributed by atoms with E-state index in [1.807, 2.05) is 0 Å². The number of hydrogen-bond donors (Lipinski definition) is 0. The molecule has 16 heteroatoms. The van der Waals surface area contributed by atoms with Crippen molar-refractivity contribution in [1.29, 1.82) is 0 Å². The summed E-state index contributed by atoms with van der Waals surface area (Å²) in [5, 5.41) is 0. The van der Waals surface area contributed by atoms with Gasteiger partial charge in [0.05, 0.1) is 13.0 Å². The van der Waals surface area contributed by atoms with E-state index in [9.17, 15) is 61.9 Å². The minimum absolute atomic E-state index is 0. The molecule has 0 saturated heterocycles. The van der Waals surface area contributed by atoms with Crippen LogP contribution in [0, 0.1) is 0 Å². The number of carbonyl (C=O) groups excluding carboxylic acids is 1. The first-order valence-corrected chi connectivity index (χ1v) is 6.36. The van der Waals surface area contributed by atoms with Crippen molar-refractivity contribution in [3.05, 3.63) is 12.2 Å². The topological polar surface area (TPSA) is 26.3 Å². The first-order chi connectivity index (χ1) is 11.6. The Labute approximate surface area is 165 Å². The second-order valence-corrected chi connectivity index (χ2v) is 5.17. The van der Waals surface area contributed by atoms with E-state index in [4.69, 9.17) is 0 Å². The van der Waals surface area contributed by atoms with Crippen LogP contribution in [0.1, 0.15) is 13.3 Å². The molecule has 0 aliphatic heterocycles. The SMILES string of the molecule is C=C(C)C(=O)OCCC(F)(F)C(F)(F)C(F)(F)C(F)(F)C(F)(F)C(F)(F)F.[Sn]. The molecule has 0 bridgehead atoms. The van der Waals surface area contributed by atoms with Crippen molar-refractivity contribution in [3.63, 3.8) is 0 Å². The molecule has 164 valence electrons. The fourth-order valence-electron chi connectivity index (χ4n) is 1.35. The van der Waals surface area contributed by atoms with Crippen molar-refractivity contribution >= 4 is 29.9 Å². The van der Waals surface area contributed by atoms with Crippen molar-refractivity contribution in [2.45, 2.75) is 49.1 Å². The Morgan fingerprint density at radius 3 is 1.43 bits per heavy atom. The van der Waals surface area contributed by atoms with Gasteiger partial charge in [0, 0.05) is 29.5 Å². The second kappa shape index (κ2) is 8.45. The minimum Gasteiger partial charge on any atom is -0.462 e. The number of carbonyl (C=O) groups is 1. The Balaban J connectivity index is 0. The molecule has 0 spiro atoms. The minimum atomic E-state index is -7.94. The summed E-state index contributed by atoms with van der Waals surface area (Å²) in [6, 6.07) is 0. The van der Waals surface area contributed by atoms with Crippen LogP contribution in [0.2, 0.25) is 0 Å². The summed E-state index contributed by atoms with van der Waals surface area (Å²) in [7, 11) is 0. The third kappa shape index (κ3) is 4.80. The van der Waals surface area contributed by atoms with Gasteiger partial charge in [-0.25, -0.2) is 4.79 Å². The molecule has 28 heavy (non-hydrogen) atoms. The maximum atomic E-state index is 13.3. The maximum Gasteiger partial charge on any atom is 0.460 e. The van der Waals surface area contributed by atoms with Gasteiger partial charge in [-0.3, -0.25) is 0 Å². The summed E-state index contributed by atoms with van der Waals surface area (Å²) in [5.74, 6) is -38.7. The van der Waals surface area contributed by atoms with E-state index in [-0.39, 0.29) is 23.9 Å². The molecule has 0 rings (SSSR count). The zero-order valence-electron chi connectivity index (χ0n) is 13.4. The zero-order valence-corrected chi connectivity index (χ0v) is 16.2. The Hall–Kier alpha value is -0.901. The fourth-order valence-corrected chi connectivity index (χ4v) is 1.35. The first-order valence-electron chi connectivity index (χ1n) is 6.36. The molecule has 4 radical (unpaired) electrons. The summed E-state index contributed by atoms with van der Waals surface area (Å²) >= 11 is 0. The summed E-state index contributed by atoms with van der Waals surface area (Å²) in [5.41, 5.74) is -0.466. The van der Waals surface area contributed by atoms with Gasteiger partial charge in [0.15, 0.2) is 0 Å². The number of halogens is 13. The van der Waals surface area contributed by atoms with Gasteiger partial charge in [-0.1, -0.05) is 6.58 Å². The first kappa shape index (κ1) is 29.3. The van der Waals surface area contributed by atoms with Crippen LogP contribution < -0.4 is 0 Å². The van der Waals surface area contributed by atoms with Crippen LogP contribution in [0.3, 0.4) is 0 Å². The quantitative estimate of drug-likeness (QED) is 0.187. The van der Waals surface area contributed by atoms with Crippen molar-refractivity contribution < 1.29 is 66.6 Å². The summed E-state index contributed by atoms with van der Waals surface area (Å²) in [4.78, 5) is 10.8. The number of rotatable bonds is 8. The molecule has 0 amide bonds. The van der Waals surface area contributed by atoms with E-state index in [0.717, 1.165) is 6.92 Å². The molecule has 0 aliphatic carbocycles. The fraction of sp³-hybridized carbons (Fsp3) is 0.750. The van der Waals surface area contributed by atoms with Gasteiger partial charge < -0.3 is 4.74 Å². The Bertz CT molecular complexity index is 583. The van der Waals surface area contributed by atoms with Gasteiger partial charge in [0.25, 0.3) is 0 Å². The van der Waals surface area contributed by atoms with Gasteiger partial charge in [0.1, 0.15) is 0 Å². The second-order valence-electron chi connectivity index (χ2n) is 5.17. The van der Waals surface area contributed by atoms with E-state index >= 15 is 0 Å². The summed E-state index contributed by atoms with van der Waals surface area (Å²) < 4.78 is 170. The molecule has 0 N–H and O–H groups in total. The molecular weight excluding hydrogens is 542 g/mol. The van der Waals surface area contributed by atoms with Crippen molar-refractivity contribution in [2.24, 2.45) is 0 Å². The molecule has 0 aromatic carbocycles. The predicted octanol–water partition coefficient (Wildman–Crippen LogP) is 4.85. The number of ether oxygens (including phenoxy) is 1. The molecule has 0 heterocycles. The number of alkyl halides is 13. The van der Waals surface area contributed by atoms with Crippen molar-refractivity contribution in [2.75, 3.05) is 6.61 Å². The molecular formula is C12H9F13O2Sn. The Morgan fingerprint density at radius 2 is 1.11 bits per heavy atom. The Kier molecular flexibility index (Phi) is 8.85. The van der Waals surface area contributed by atoms with Gasteiger partial charge in [-0.2, -0.15) is 57.1 Å². The normalized spacial score (nSPS) is 14.4. The van der Waals surface area contributed by atoms with Crippen LogP contribution in [0.15, 0.2) is 12.2 Å². The maximum absolute atomic E-state index is 13.3. The summed E-state index contributed by atoms with van der Waals surface area (Å²) in [6.07, 6.45) is -10.1. The summed E-state index contributed by atoms with van der Waals surface area (Å²) in [6.45, 7) is 2.08. The van der Waals surface area contributed by atoms with E-state index in [1.54, 1.807) is 0 Å². The van der Waals surface area contributed by atoms with Gasteiger partial charge in [-0.05, 0) is 6.92 Å². The third-order valence-electron chi connectivity index (χ3n) is 3.00. The van der Waals surface area contributed by atoms with Crippen LogP contribution >= 0.6 is 0 Å². The van der Waals surface area contributed by atoms with Crippen LogP contribution in [-0.4, -0.2) is 72.3 Å². The van der Waals surface area contributed by atoms with E-state index in [2.05, 4.69) is 11.3 Å². The standard InChI is InChI=1S/C12H9F13O2.Sn/c1-5(2)6(26)27-4-3-7(13,14)8(15,16)9(17,18)10(19,20)11(21,22)12(23,24)25;/h1,3-4H2,2H3;. The van der Waals surface area contributed by atoms with Gasteiger partial charge >= 0.3 is 41.8 Å². The van der Waals surface area contributed by atoms with Crippen molar-refractivity contribution in [1.82, 2.24) is 0 Å². The van der Waals surface area contributed by atoms with E-state index < -0.39 is 60.4 Å². The van der Waals surface area contributed by atoms with E-state index in [1.165, 1.54) is 0 Å². The molecule has 0 fully saturated rings. The van der Waals surface area contributed by atoms with Gasteiger partial charge in [0.2, 0.25) is 0 Å². The molecule has 0 aromatic rings. The van der Waals surface area contributed by atoms with Crippen molar-refractivity contribution in [3.8, 4) is 0 Å². The van der Waals surface area contributed by atoms with Crippen LogP contribution in [-0.2, 0) is 9.53 Å².